The third-order valence-electron chi connectivity index (χ3n) is 5.14. The van der Waals surface area contributed by atoms with Crippen molar-refractivity contribution < 1.29 is 27.5 Å². The molecule has 1 unspecified atom stereocenters. The Kier molecular flexibility index (Phi) is 10.2. The number of amides is 2. The first kappa shape index (κ1) is 28.3. The molecule has 0 radical (unpaired) electrons. The lowest BCUT2D eigenvalue weighted by Gasteiger charge is -2.21. The minimum absolute atomic E-state index is 0.0265. The number of hydrogen-bond donors (Lipinski definition) is 2. The number of nitrogens with zero attached hydrogens (tertiary/aromatic N) is 1. The van der Waals surface area contributed by atoms with Gasteiger partial charge in [-0.1, -0.05) is 57.5 Å². The lowest BCUT2D eigenvalue weighted by Crippen LogP contribution is -2.45. The van der Waals surface area contributed by atoms with Gasteiger partial charge in [-0.3, -0.25) is 9.59 Å². The Hall–Kier alpha value is -2.95. The summed E-state index contributed by atoms with van der Waals surface area (Å²) in [5, 5.41) is 5.22. The number of halogens is 1. The standard InChI is InChI=1S/C24H30ClN3O6S/c1-5-28(6-2)35(32,33)18-12-13-19(25)20(14-18)26-21(29)15-34-24(31)22(16(3)4)27-23(30)17-10-8-7-9-11-17/h7-14,16,22H,5-6,15H2,1-4H3,(H,26,29)(H,27,30). The molecule has 11 heteroatoms. The highest BCUT2D eigenvalue weighted by Gasteiger charge is 2.27. The maximum absolute atomic E-state index is 12.8. The van der Waals surface area contributed by atoms with Gasteiger partial charge in [0, 0.05) is 18.7 Å². The van der Waals surface area contributed by atoms with Crippen molar-refractivity contribution in [3.8, 4) is 0 Å². The van der Waals surface area contributed by atoms with E-state index in [-0.39, 0.29) is 34.6 Å². The van der Waals surface area contributed by atoms with Crippen molar-refractivity contribution in [3.05, 3.63) is 59.1 Å². The van der Waals surface area contributed by atoms with E-state index in [1.807, 2.05) is 0 Å². The van der Waals surface area contributed by atoms with E-state index < -0.39 is 40.5 Å². The van der Waals surface area contributed by atoms with E-state index >= 15 is 0 Å². The number of carbonyl (C=O) groups is 3. The van der Waals surface area contributed by atoms with Crippen molar-refractivity contribution in [3.63, 3.8) is 0 Å². The van der Waals surface area contributed by atoms with Crippen LogP contribution in [0.1, 0.15) is 38.1 Å². The Labute approximate surface area is 210 Å². The molecule has 2 amide bonds. The van der Waals surface area contributed by atoms with E-state index in [0.29, 0.717) is 5.56 Å². The summed E-state index contributed by atoms with van der Waals surface area (Å²) >= 11 is 6.13. The zero-order valence-electron chi connectivity index (χ0n) is 20.1. The van der Waals surface area contributed by atoms with Crippen LogP contribution in [0.15, 0.2) is 53.4 Å². The quantitative estimate of drug-likeness (QED) is 0.436. The van der Waals surface area contributed by atoms with Gasteiger partial charge in [-0.25, -0.2) is 13.2 Å². The summed E-state index contributed by atoms with van der Waals surface area (Å²) in [6, 6.07) is 11.4. The topological polar surface area (TPSA) is 122 Å². The van der Waals surface area contributed by atoms with E-state index in [0.717, 1.165) is 0 Å². The number of carbonyl (C=O) groups excluding carboxylic acids is 3. The van der Waals surface area contributed by atoms with Crippen LogP contribution >= 0.6 is 11.6 Å². The van der Waals surface area contributed by atoms with Gasteiger partial charge < -0.3 is 15.4 Å². The molecule has 2 rings (SSSR count). The Bertz CT molecular complexity index is 1150. The van der Waals surface area contributed by atoms with Crippen molar-refractivity contribution in [2.45, 2.75) is 38.6 Å². The smallest absolute Gasteiger partial charge is 0.329 e. The molecule has 0 aliphatic carbocycles. The molecule has 2 N–H and O–H groups in total. The summed E-state index contributed by atoms with van der Waals surface area (Å²) in [5.41, 5.74) is 0.455. The van der Waals surface area contributed by atoms with E-state index in [1.165, 1.54) is 22.5 Å². The first-order valence-electron chi connectivity index (χ1n) is 11.1. The van der Waals surface area contributed by atoms with Gasteiger partial charge in [-0.05, 0) is 36.2 Å². The zero-order valence-corrected chi connectivity index (χ0v) is 21.7. The van der Waals surface area contributed by atoms with E-state index in [4.69, 9.17) is 16.3 Å². The Morgan fingerprint density at radius 2 is 1.66 bits per heavy atom. The fourth-order valence-corrected chi connectivity index (χ4v) is 4.85. The molecule has 0 aromatic heterocycles. The van der Waals surface area contributed by atoms with Crippen LogP contribution in [-0.4, -0.2) is 56.2 Å². The van der Waals surface area contributed by atoms with Crippen LogP contribution in [0.25, 0.3) is 0 Å². The van der Waals surface area contributed by atoms with Crippen molar-refractivity contribution in [2.75, 3.05) is 25.0 Å². The van der Waals surface area contributed by atoms with E-state index in [9.17, 15) is 22.8 Å². The molecular formula is C24H30ClN3O6S. The molecule has 9 nitrogen and oxygen atoms in total. The molecule has 2 aromatic rings. The van der Waals surface area contributed by atoms with Gasteiger partial charge in [0.05, 0.1) is 15.6 Å². The van der Waals surface area contributed by atoms with Crippen LogP contribution in [0.3, 0.4) is 0 Å². The van der Waals surface area contributed by atoms with E-state index in [1.54, 1.807) is 58.0 Å². The maximum atomic E-state index is 12.8. The maximum Gasteiger partial charge on any atom is 0.329 e. The van der Waals surface area contributed by atoms with Crippen molar-refractivity contribution in [2.24, 2.45) is 5.92 Å². The fourth-order valence-electron chi connectivity index (χ4n) is 3.20. The number of nitrogens with one attached hydrogen (secondary N) is 2. The lowest BCUT2D eigenvalue weighted by atomic mass is 10.0. The molecule has 0 fully saturated rings. The second-order valence-electron chi connectivity index (χ2n) is 7.95. The number of esters is 1. The third kappa shape index (κ3) is 7.51. The monoisotopic (exact) mass is 523 g/mol. The molecule has 35 heavy (non-hydrogen) atoms. The number of anilines is 1. The SMILES string of the molecule is CCN(CC)S(=O)(=O)c1ccc(Cl)c(NC(=O)COC(=O)C(NC(=O)c2ccccc2)C(C)C)c1. The molecule has 0 heterocycles. The van der Waals surface area contributed by atoms with Gasteiger partial charge in [0.15, 0.2) is 6.61 Å². The highest BCUT2D eigenvalue weighted by atomic mass is 35.5. The lowest BCUT2D eigenvalue weighted by molar-refractivity contribution is -0.150. The van der Waals surface area contributed by atoms with Crippen molar-refractivity contribution in [1.29, 1.82) is 0 Å². The van der Waals surface area contributed by atoms with Crippen LogP contribution in [0, 0.1) is 5.92 Å². The predicted octanol–water partition coefficient (Wildman–Crippen LogP) is 3.31. The van der Waals surface area contributed by atoms with Crippen molar-refractivity contribution in [1.82, 2.24) is 9.62 Å². The van der Waals surface area contributed by atoms with Crippen LogP contribution in [0.2, 0.25) is 5.02 Å². The molecule has 0 saturated heterocycles. The van der Waals surface area contributed by atoms with Gasteiger partial charge in [-0.15, -0.1) is 0 Å². The minimum atomic E-state index is -3.76. The van der Waals surface area contributed by atoms with Gasteiger partial charge in [0.1, 0.15) is 6.04 Å². The number of ether oxygens (including phenoxy) is 1. The number of sulfonamides is 1. The number of rotatable bonds is 11. The molecule has 0 saturated carbocycles. The zero-order chi connectivity index (χ0) is 26.2. The van der Waals surface area contributed by atoms with Gasteiger partial charge in [-0.2, -0.15) is 4.31 Å². The Morgan fingerprint density at radius 1 is 1.03 bits per heavy atom. The molecule has 0 spiro atoms. The average Bonchev–Trinajstić information content (AvgIpc) is 2.83. The molecule has 0 aliphatic heterocycles. The molecule has 1 atom stereocenters. The fraction of sp³-hybridized carbons (Fsp3) is 0.375. The molecule has 0 bridgehead atoms. The average molecular weight is 524 g/mol. The second-order valence-corrected chi connectivity index (χ2v) is 10.3. The predicted molar refractivity (Wildman–Crippen MR) is 134 cm³/mol. The second kappa shape index (κ2) is 12.7. The van der Waals surface area contributed by atoms with Gasteiger partial charge in [0.2, 0.25) is 10.0 Å². The first-order chi connectivity index (χ1) is 16.5. The number of hydrogen-bond acceptors (Lipinski definition) is 6. The molecule has 0 aliphatic rings. The molecule has 190 valence electrons. The van der Waals surface area contributed by atoms with Gasteiger partial charge >= 0.3 is 5.97 Å². The van der Waals surface area contributed by atoms with E-state index in [2.05, 4.69) is 10.6 Å². The summed E-state index contributed by atoms with van der Waals surface area (Å²) < 4.78 is 31.9. The summed E-state index contributed by atoms with van der Waals surface area (Å²) in [7, 11) is -3.76. The normalized spacial score (nSPS) is 12.3. The summed E-state index contributed by atoms with van der Waals surface area (Å²) in [6.07, 6.45) is 0. The highest BCUT2D eigenvalue weighted by molar-refractivity contribution is 7.89. The van der Waals surface area contributed by atoms with Crippen LogP contribution in [-0.2, 0) is 24.3 Å². The molecule has 2 aromatic carbocycles. The first-order valence-corrected chi connectivity index (χ1v) is 12.9. The summed E-state index contributed by atoms with van der Waals surface area (Å²) in [6.45, 7) is 6.85. The van der Waals surface area contributed by atoms with Crippen LogP contribution < -0.4 is 10.6 Å². The molecular weight excluding hydrogens is 494 g/mol. The Morgan fingerprint density at radius 3 is 2.23 bits per heavy atom. The van der Waals surface area contributed by atoms with Crippen molar-refractivity contribution >= 4 is 45.1 Å². The minimum Gasteiger partial charge on any atom is -0.454 e. The number of benzene rings is 2. The summed E-state index contributed by atoms with van der Waals surface area (Å²) in [4.78, 5) is 37.4. The van der Waals surface area contributed by atoms with Gasteiger partial charge in [0.25, 0.3) is 11.8 Å². The third-order valence-corrected chi connectivity index (χ3v) is 7.52. The largest absolute Gasteiger partial charge is 0.454 e. The van der Waals surface area contributed by atoms with Crippen LogP contribution in [0.4, 0.5) is 5.69 Å². The highest BCUT2D eigenvalue weighted by Crippen LogP contribution is 2.27. The summed E-state index contributed by atoms with van der Waals surface area (Å²) in [5.74, 6) is -2.23. The van der Waals surface area contributed by atoms with Crippen LogP contribution in [0.5, 0.6) is 0 Å². The Balaban J connectivity index is 2.05.